The average molecular weight is 1210 g/mol. The Kier molecular flexibility index (Phi) is 25.1. The maximum absolute atomic E-state index is 14.3. The SMILES string of the molecule is COc1cc2cc(c1Cl)N(C)C(=O)C[C@H](OC(=O)[C@H](C)OCCOCCSC1CC(=O)N(CCC(=O)NCCOCCOCCOCCC(=O)ON3C(=O)CCC3=O)C1=O)[C@]1(C)O[C@H]1[C@H](C)C1C[C@@](O)(NC(=O)O1)[C@H](OC)/C=C/C=C(\C)C2. The van der Waals surface area contributed by atoms with E-state index in [1.54, 1.807) is 45.2 Å². The molecule has 0 radical (unpaired) electrons. The normalized spacial score (nSPS) is 27.1. The number of halogens is 1. The second-order valence-electron chi connectivity index (χ2n) is 20.5. The molecule has 4 bridgehead atoms. The molecule has 5 aliphatic heterocycles. The number of hydrogen-bond acceptors (Lipinski definition) is 22. The number of nitrogens with zero attached hydrogens (tertiary/aromatic N) is 3. The molecular formula is C55H76ClN5O21S. The van der Waals surface area contributed by atoms with E-state index in [1.807, 2.05) is 13.0 Å². The molecule has 0 spiro atoms. The molecule has 28 heteroatoms. The number of epoxide rings is 1. The number of esters is 1. The first-order valence-electron chi connectivity index (χ1n) is 27.4. The van der Waals surface area contributed by atoms with Gasteiger partial charge in [-0.1, -0.05) is 42.3 Å². The van der Waals surface area contributed by atoms with E-state index in [-0.39, 0.29) is 134 Å². The minimum atomic E-state index is -1.87. The van der Waals surface area contributed by atoms with Crippen LogP contribution >= 0.6 is 23.4 Å². The zero-order valence-electron chi connectivity index (χ0n) is 47.8. The third kappa shape index (κ3) is 18.6. The predicted molar refractivity (Wildman–Crippen MR) is 294 cm³/mol. The number of anilines is 1. The number of hydrogen-bond donors (Lipinski definition) is 3. The van der Waals surface area contributed by atoms with Crippen LogP contribution in [0.25, 0.3) is 0 Å². The minimum absolute atomic E-state index is 0.0117. The van der Waals surface area contributed by atoms with Gasteiger partial charge in [-0.25, -0.2) is 14.4 Å². The van der Waals surface area contributed by atoms with Crippen LogP contribution in [-0.2, 0) is 92.2 Å². The molecule has 460 valence electrons. The highest BCUT2D eigenvalue weighted by molar-refractivity contribution is 8.00. The molecule has 0 aromatic heterocycles. The van der Waals surface area contributed by atoms with E-state index in [4.69, 9.17) is 63.8 Å². The molecular weight excluding hydrogens is 1130 g/mol. The van der Waals surface area contributed by atoms with Gasteiger partial charge in [0, 0.05) is 71.0 Å². The Hall–Kier alpha value is -5.75. The van der Waals surface area contributed by atoms with Crippen molar-refractivity contribution in [2.24, 2.45) is 5.92 Å². The van der Waals surface area contributed by atoms with E-state index in [1.165, 1.54) is 37.8 Å². The highest BCUT2D eigenvalue weighted by Gasteiger charge is 2.64. The van der Waals surface area contributed by atoms with Gasteiger partial charge >= 0.3 is 18.0 Å². The number of amides is 7. The van der Waals surface area contributed by atoms with Gasteiger partial charge in [0.05, 0.1) is 96.5 Å². The summed E-state index contributed by atoms with van der Waals surface area (Å²) in [5, 5.41) is 17.1. The number of thioether (sulfide) groups is 1. The summed E-state index contributed by atoms with van der Waals surface area (Å²) >= 11 is 8.05. The summed E-state index contributed by atoms with van der Waals surface area (Å²) in [5.41, 5.74) is -1.11. The minimum Gasteiger partial charge on any atom is -0.495 e. The third-order valence-electron chi connectivity index (χ3n) is 14.4. The number of methoxy groups -OCH3 is 2. The zero-order valence-corrected chi connectivity index (χ0v) is 49.4. The second-order valence-corrected chi connectivity index (χ2v) is 22.2. The quantitative estimate of drug-likeness (QED) is 0.0470. The van der Waals surface area contributed by atoms with Gasteiger partial charge in [-0.3, -0.25) is 39.0 Å². The summed E-state index contributed by atoms with van der Waals surface area (Å²) in [6, 6.07) is 3.54. The van der Waals surface area contributed by atoms with Gasteiger partial charge in [0.15, 0.2) is 11.8 Å². The Morgan fingerprint density at radius 1 is 0.904 bits per heavy atom. The molecule has 4 saturated heterocycles. The lowest BCUT2D eigenvalue weighted by atomic mass is 9.83. The number of allylic oxidation sites excluding steroid dienone is 3. The predicted octanol–water partition coefficient (Wildman–Crippen LogP) is 2.50. The Morgan fingerprint density at radius 2 is 1.58 bits per heavy atom. The number of benzene rings is 1. The highest BCUT2D eigenvalue weighted by Crippen LogP contribution is 2.49. The lowest BCUT2D eigenvalue weighted by Crippen LogP contribution is -2.63. The zero-order chi connectivity index (χ0) is 60.4. The number of hydroxylamine groups is 2. The van der Waals surface area contributed by atoms with Crippen molar-refractivity contribution in [3.8, 4) is 5.75 Å². The molecule has 9 atom stereocenters. The monoisotopic (exact) mass is 1210 g/mol. The molecule has 0 aliphatic carbocycles. The topological polar surface area (TPSA) is 312 Å². The summed E-state index contributed by atoms with van der Waals surface area (Å²) in [7, 11) is 4.44. The Labute approximate surface area is 490 Å². The first-order chi connectivity index (χ1) is 39.6. The van der Waals surface area contributed by atoms with Gasteiger partial charge in [0.1, 0.15) is 34.7 Å². The van der Waals surface area contributed by atoms with E-state index in [0.29, 0.717) is 28.7 Å². The Bertz CT molecular complexity index is 2560. The van der Waals surface area contributed by atoms with Crippen molar-refractivity contribution in [3.05, 3.63) is 46.5 Å². The van der Waals surface area contributed by atoms with Crippen LogP contribution in [-0.4, -0.2) is 215 Å². The number of alkyl carbamates (subject to hydrolysis) is 1. The van der Waals surface area contributed by atoms with Crippen LogP contribution in [0, 0.1) is 5.92 Å². The molecule has 5 heterocycles. The van der Waals surface area contributed by atoms with Crippen LogP contribution in [0.15, 0.2) is 35.9 Å². The first-order valence-corrected chi connectivity index (χ1v) is 28.8. The van der Waals surface area contributed by atoms with Gasteiger partial charge in [0.2, 0.25) is 23.6 Å². The van der Waals surface area contributed by atoms with Crippen molar-refractivity contribution in [2.75, 3.05) is 104 Å². The smallest absolute Gasteiger partial charge is 0.409 e. The number of carbonyl (C=O) groups excluding carboxylic acids is 9. The summed E-state index contributed by atoms with van der Waals surface area (Å²) in [5.74, 6) is -4.14. The number of carbonyl (C=O) groups is 9. The molecule has 0 saturated carbocycles. The fourth-order valence-corrected chi connectivity index (χ4v) is 11.0. The number of likely N-dealkylation sites (tertiary alicyclic amines) is 1. The van der Waals surface area contributed by atoms with Gasteiger partial charge in [-0.15, -0.1) is 16.8 Å². The van der Waals surface area contributed by atoms with Gasteiger partial charge in [0.25, 0.3) is 11.8 Å². The van der Waals surface area contributed by atoms with Crippen LogP contribution in [0.4, 0.5) is 10.5 Å². The lowest BCUT2D eigenvalue weighted by molar-refractivity contribution is -0.198. The molecule has 26 nitrogen and oxygen atoms in total. The van der Waals surface area contributed by atoms with Crippen molar-refractivity contribution in [3.63, 3.8) is 0 Å². The molecule has 83 heavy (non-hydrogen) atoms. The van der Waals surface area contributed by atoms with Crippen LogP contribution in [0.2, 0.25) is 5.02 Å². The van der Waals surface area contributed by atoms with E-state index in [0.717, 1.165) is 16.0 Å². The van der Waals surface area contributed by atoms with Crippen LogP contribution in [0.5, 0.6) is 5.75 Å². The van der Waals surface area contributed by atoms with Crippen molar-refractivity contribution in [2.45, 2.75) is 126 Å². The molecule has 1 aromatic rings. The molecule has 7 amide bonds. The van der Waals surface area contributed by atoms with Crippen molar-refractivity contribution in [1.82, 2.24) is 20.6 Å². The second kappa shape index (κ2) is 31.4. The van der Waals surface area contributed by atoms with Crippen LogP contribution < -0.4 is 20.3 Å². The van der Waals surface area contributed by atoms with Crippen molar-refractivity contribution < 1.29 is 100 Å². The average Bonchev–Trinajstić information content (AvgIpc) is 2.21. The molecule has 4 fully saturated rings. The van der Waals surface area contributed by atoms with Crippen LogP contribution in [0.3, 0.4) is 0 Å². The van der Waals surface area contributed by atoms with E-state index < -0.39 is 94.7 Å². The molecule has 3 N–H and O–H groups in total. The highest BCUT2D eigenvalue weighted by atomic mass is 35.5. The van der Waals surface area contributed by atoms with Gasteiger partial charge in [-0.05, 0) is 44.9 Å². The standard InChI is InChI=1S/C55H76ClN5O21S/c1-33-9-8-10-41(73-7)55(71)32-39(79-53(70)58-55)34(2)50-54(4,81-50)42(31-46(65)59(5)37-28-36(27-33)29-38(72-6)49(37)56)80-52(69)35(3)78-24-23-77-25-26-83-40-30-47(66)60(51(40)68)16-13-43(62)57-15-18-75-20-22-76-21-19-74-17-14-48(67)82-61-44(63)11-12-45(61)64/h8-10,28-29,34-35,39-42,50,71H,11-27,30-32H2,1-7H3,(H,57,62)(H,58,70)/b10-8+,33-9+/t34-,35+,39?,40?,41-,42+,50+,54+,55+/m1/s1. The summed E-state index contributed by atoms with van der Waals surface area (Å²) in [6.07, 6.45) is -0.799. The van der Waals surface area contributed by atoms with E-state index in [9.17, 15) is 48.3 Å². The van der Waals surface area contributed by atoms with E-state index >= 15 is 0 Å². The molecule has 5 aliphatic rings. The molecule has 1 aromatic carbocycles. The summed E-state index contributed by atoms with van der Waals surface area (Å²) < 4.78 is 56.9. The third-order valence-corrected chi connectivity index (χ3v) is 16.0. The lowest BCUT2D eigenvalue weighted by Gasteiger charge is -2.42. The Balaban J connectivity index is 0.889. The Morgan fingerprint density at radius 3 is 2.28 bits per heavy atom. The fraction of sp³-hybridized carbons (Fsp3) is 0.655. The number of aliphatic hydroxyl groups is 1. The van der Waals surface area contributed by atoms with Gasteiger partial charge in [-0.2, -0.15) is 0 Å². The van der Waals surface area contributed by atoms with Gasteiger partial charge < -0.3 is 67.5 Å². The van der Waals surface area contributed by atoms with E-state index in [2.05, 4.69) is 10.6 Å². The van der Waals surface area contributed by atoms with Crippen molar-refractivity contribution in [1.29, 1.82) is 0 Å². The number of imide groups is 2. The molecule has 6 rings (SSSR count). The summed E-state index contributed by atoms with van der Waals surface area (Å²) in [6.45, 7) is 8.33. The number of fused-ring (bicyclic) bond motifs is 5. The largest absolute Gasteiger partial charge is 0.495 e. The number of ether oxygens (including phenoxy) is 10. The maximum Gasteiger partial charge on any atom is 0.409 e. The van der Waals surface area contributed by atoms with Crippen LogP contribution in [0.1, 0.15) is 78.2 Å². The first kappa shape index (κ1) is 66.4. The number of rotatable bonds is 28. The fourth-order valence-electron chi connectivity index (χ4n) is 9.63. The molecule has 2 unspecified atom stereocenters. The van der Waals surface area contributed by atoms with Crippen molar-refractivity contribution >= 4 is 82.5 Å². The summed E-state index contributed by atoms with van der Waals surface area (Å²) in [4.78, 5) is 121. The maximum atomic E-state index is 14.3. The number of nitrogens with one attached hydrogen (secondary N) is 2.